The van der Waals surface area contributed by atoms with Gasteiger partial charge in [0.15, 0.2) is 12.2 Å². The minimum Gasteiger partial charge on any atom is -0.508 e. The van der Waals surface area contributed by atoms with E-state index >= 15 is 0 Å². The van der Waals surface area contributed by atoms with E-state index in [1.165, 1.54) is 0 Å². The highest BCUT2D eigenvalue weighted by Crippen LogP contribution is 2.22. The quantitative estimate of drug-likeness (QED) is 0.549. The molecule has 5 nitrogen and oxygen atoms in total. The van der Waals surface area contributed by atoms with Crippen LogP contribution in [0.5, 0.6) is 5.75 Å². The second-order valence-corrected chi connectivity index (χ2v) is 5.78. The van der Waals surface area contributed by atoms with Gasteiger partial charge in [-0.3, -0.25) is 0 Å². The normalized spacial score (nSPS) is 10.8. The molecule has 0 saturated carbocycles. The Hall–Kier alpha value is -3.60. The van der Waals surface area contributed by atoms with Gasteiger partial charge in [-0.2, -0.15) is 0 Å². The van der Waals surface area contributed by atoms with Crippen LogP contribution in [0.3, 0.4) is 0 Å². The molecule has 1 aromatic heterocycles. The maximum absolute atomic E-state index is 12.2. The molecule has 0 radical (unpaired) electrons. The van der Waals surface area contributed by atoms with Gasteiger partial charge in [0.1, 0.15) is 11.3 Å². The van der Waals surface area contributed by atoms with Crippen LogP contribution in [-0.2, 0) is 11.3 Å². The third-order valence-corrected chi connectivity index (χ3v) is 3.99. The van der Waals surface area contributed by atoms with Gasteiger partial charge in [0.2, 0.25) is 5.89 Å². The highest BCUT2D eigenvalue weighted by atomic mass is 16.5. The number of ether oxygens (including phenoxy) is 1. The summed E-state index contributed by atoms with van der Waals surface area (Å²) < 4.78 is 10.8. The molecule has 0 amide bonds. The van der Waals surface area contributed by atoms with Crippen molar-refractivity contribution in [3.8, 4) is 16.9 Å². The number of aromatic hydroxyl groups is 1. The predicted octanol–water partition coefficient (Wildman–Crippen LogP) is 4.56. The Balaban J connectivity index is 1.43. The Bertz CT molecular complexity index is 1020. The van der Waals surface area contributed by atoms with Gasteiger partial charge in [0, 0.05) is 0 Å². The maximum Gasteiger partial charge on any atom is 0.338 e. The fourth-order valence-corrected chi connectivity index (χ4v) is 2.64. The van der Waals surface area contributed by atoms with Crippen molar-refractivity contribution in [2.24, 2.45) is 0 Å². The summed E-state index contributed by atoms with van der Waals surface area (Å²) in [7, 11) is 0. The first kappa shape index (κ1) is 15.9. The smallest absolute Gasteiger partial charge is 0.338 e. The summed E-state index contributed by atoms with van der Waals surface area (Å²) in [5.74, 6) is 0.137. The molecule has 4 aromatic rings. The molecule has 5 heteroatoms. The standard InChI is InChI=1S/C21H15NO4/c23-17-11-9-15(10-12-17)14-5-7-16(8-6-14)21(24)25-13-20-22-18-3-1-2-4-19(18)26-20/h1-12,23H,13H2. The lowest BCUT2D eigenvalue weighted by molar-refractivity contribution is 0.0440. The minimum absolute atomic E-state index is 0.0206. The zero-order valence-electron chi connectivity index (χ0n) is 13.8. The molecular weight excluding hydrogens is 330 g/mol. The summed E-state index contributed by atoms with van der Waals surface area (Å²) in [5, 5.41) is 9.35. The number of aromatic nitrogens is 1. The molecule has 0 atom stereocenters. The molecule has 1 heterocycles. The van der Waals surface area contributed by atoms with E-state index in [0.29, 0.717) is 17.0 Å². The lowest BCUT2D eigenvalue weighted by Gasteiger charge is -2.05. The summed E-state index contributed by atoms with van der Waals surface area (Å²) in [5.41, 5.74) is 3.74. The second-order valence-electron chi connectivity index (χ2n) is 5.78. The zero-order chi connectivity index (χ0) is 17.9. The first-order chi connectivity index (χ1) is 12.7. The van der Waals surface area contributed by atoms with Crippen molar-refractivity contribution in [1.82, 2.24) is 4.98 Å². The summed E-state index contributed by atoms with van der Waals surface area (Å²) in [6, 6.07) is 21.3. The summed E-state index contributed by atoms with van der Waals surface area (Å²) in [6.45, 7) is -0.0206. The van der Waals surface area contributed by atoms with Crippen LogP contribution in [-0.4, -0.2) is 16.1 Å². The van der Waals surface area contributed by atoms with Gasteiger partial charge in [-0.15, -0.1) is 0 Å². The van der Waals surface area contributed by atoms with Crippen molar-refractivity contribution >= 4 is 17.1 Å². The number of phenolic OH excluding ortho intramolecular Hbond substituents is 1. The number of hydrogen-bond donors (Lipinski definition) is 1. The molecule has 0 aliphatic rings. The van der Waals surface area contributed by atoms with E-state index in [1.54, 1.807) is 24.3 Å². The molecule has 0 unspecified atom stereocenters. The molecular formula is C21H15NO4. The number of para-hydroxylation sites is 2. The number of carbonyl (C=O) groups is 1. The van der Waals surface area contributed by atoms with Crippen LogP contribution in [0.4, 0.5) is 0 Å². The van der Waals surface area contributed by atoms with Gasteiger partial charge in [-0.25, -0.2) is 9.78 Å². The Kier molecular flexibility index (Phi) is 4.11. The van der Waals surface area contributed by atoms with Crippen molar-refractivity contribution in [1.29, 1.82) is 0 Å². The number of hydrogen-bond acceptors (Lipinski definition) is 5. The van der Waals surface area contributed by atoms with Gasteiger partial charge in [0.05, 0.1) is 5.56 Å². The summed E-state index contributed by atoms with van der Waals surface area (Å²) in [4.78, 5) is 16.5. The Morgan fingerprint density at radius 2 is 1.58 bits per heavy atom. The van der Waals surface area contributed by atoms with E-state index in [-0.39, 0.29) is 12.4 Å². The van der Waals surface area contributed by atoms with Crippen molar-refractivity contribution in [2.75, 3.05) is 0 Å². The van der Waals surface area contributed by atoms with Crippen LogP contribution in [0, 0.1) is 0 Å². The molecule has 0 fully saturated rings. The third-order valence-electron chi connectivity index (χ3n) is 3.99. The Labute approximate surface area is 149 Å². The van der Waals surface area contributed by atoms with E-state index in [1.807, 2.05) is 48.5 Å². The highest BCUT2D eigenvalue weighted by Gasteiger charge is 2.11. The lowest BCUT2D eigenvalue weighted by Crippen LogP contribution is -2.05. The number of oxazole rings is 1. The van der Waals surface area contributed by atoms with E-state index in [9.17, 15) is 9.90 Å². The molecule has 0 bridgehead atoms. The zero-order valence-corrected chi connectivity index (χ0v) is 13.8. The molecule has 0 saturated heterocycles. The fourth-order valence-electron chi connectivity index (χ4n) is 2.64. The highest BCUT2D eigenvalue weighted by molar-refractivity contribution is 5.90. The van der Waals surface area contributed by atoms with Gasteiger partial charge < -0.3 is 14.3 Å². The van der Waals surface area contributed by atoms with Crippen molar-refractivity contribution in [3.63, 3.8) is 0 Å². The van der Waals surface area contributed by atoms with E-state index in [4.69, 9.17) is 9.15 Å². The SMILES string of the molecule is O=C(OCc1nc2ccccc2o1)c1ccc(-c2ccc(O)cc2)cc1. The number of rotatable bonds is 4. The molecule has 1 N–H and O–H groups in total. The number of esters is 1. The minimum atomic E-state index is -0.440. The molecule has 4 rings (SSSR count). The largest absolute Gasteiger partial charge is 0.508 e. The van der Waals surface area contributed by atoms with Crippen LogP contribution in [0.1, 0.15) is 16.2 Å². The number of fused-ring (bicyclic) bond motifs is 1. The average molecular weight is 345 g/mol. The van der Waals surface area contributed by atoms with Gasteiger partial charge in [0.25, 0.3) is 0 Å². The topological polar surface area (TPSA) is 72.6 Å². The van der Waals surface area contributed by atoms with E-state index < -0.39 is 5.97 Å². The van der Waals surface area contributed by atoms with Gasteiger partial charge in [-0.05, 0) is 47.5 Å². The molecule has 128 valence electrons. The average Bonchev–Trinajstić information content (AvgIpc) is 3.10. The van der Waals surface area contributed by atoms with E-state index in [0.717, 1.165) is 16.6 Å². The number of nitrogens with zero attached hydrogens (tertiary/aromatic N) is 1. The van der Waals surface area contributed by atoms with Crippen LogP contribution < -0.4 is 0 Å². The van der Waals surface area contributed by atoms with Crippen LogP contribution in [0.15, 0.2) is 77.2 Å². The Morgan fingerprint density at radius 3 is 2.27 bits per heavy atom. The summed E-state index contributed by atoms with van der Waals surface area (Å²) in [6.07, 6.45) is 0. The fraction of sp³-hybridized carbons (Fsp3) is 0.0476. The Morgan fingerprint density at radius 1 is 0.923 bits per heavy atom. The summed E-state index contributed by atoms with van der Waals surface area (Å²) >= 11 is 0. The van der Waals surface area contributed by atoms with Crippen molar-refractivity contribution in [2.45, 2.75) is 6.61 Å². The van der Waals surface area contributed by atoms with Gasteiger partial charge >= 0.3 is 5.97 Å². The first-order valence-electron chi connectivity index (χ1n) is 8.10. The second kappa shape index (κ2) is 6.72. The molecule has 3 aromatic carbocycles. The van der Waals surface area contributed by atoms with E-state index in [2.05, 4.69) is 4.98 Å². The third kappa shape index (κ3) is 3.28. The van der Waals surface area contributed by atoms with Crippen molar-refractivity contribution < 1.29 is 19.1 Å². The molecule has 0 aliphatic heterocycles. The maximum atomic E-state index is 12.2. The van der Waals surface area contributed by atoms with Crippen LogP contribution in [0.2, 0.25) is 0 Å². The predicted molar refractivity (Wildman–Crippen MR) is 96.7 cm³/mol. The van der Waals surface area contributed by atoms with Crippen LogP contribution >= 0.6 is 0 Å². The first-order valence-corrected chi connectivity index (χ1v) is 8.10. The lowest BCUT2D eigenvalue weighted by atomic mass is 10.0. The number of carbonyl (C=O) groups excluding carboxylic acids is 1. The molecule has 0 aliphatic carbocycles. The van der Waals surface area contributed by atoms with Gasteiger partial charge in [-0.1, -0.05) is 36.4 Å². The number of phenols is 1. The van der Waals surface area contributed by atoms with Crippen LogP contribution in [0.25, 0.3) is 22.2 Å². The molecule has 26 heavy (non-hydrogen) atoms. The molecule has 0 spiro atoms. The van der Waals surface area contributed by atoms with Crippen molar-refractivity contribution in [3.05, 3.63) is 84.3 Å². The monoisotopic (exact) mass is 345 g/mol. The number of benzene rings is 3.